The lowest BCUT2D eigenvalue weighted by atomic mass is 10.0. The van der Waals surface area contributed by atoms with Crippen LogP contribution < -0.4 is 15.5 Å². The zero-order valence-corrected chi connectivity index (χ0v) is 41.1. The second kappa shape index (κ2) is 39.5. The van der Waals surface area contributed by atoms with E-state index in [1.165, 1.54) is 0 Å². The van der Waals surface area contributed by atoms with Crippen LogP contribution in [0.15, 0.2) is 48.5 Å². The Morgan fingerprint density at radius 2 is 0.812 bits per heavy atom. The molecule has 19 heteroatoms. The topological polar surface area (TPSA) is 198 Å². The zero-order valence-electron chi connectivity index (χ0n) is 41.1. The second-order valence-electron chi connectivity index (χ2n) is 16.0. The summed E-state index contributed by atoms with van der Waals surface area (Å²) in [4.78, 5) is 39.0. The predicted octanol–water partition coefficient (Wildman–Crippen LogP) is 3.55. The lowest BCUT2D eigenvalue weighted by Crippen LogP contribution is -2.34. The number of ether oxygens (including phenoxy) is 13. The molecule has 1 heterocycles. The van der Waals surface area contributed by atoms with Crippen molar-refractivity contribution in [1.29, 1.82) is 0 Å². The van der Waals surface area contributed by atoms with Crippen molar-refractivity contribution in [3.05, 3.63) is 65.2 Å². The van der Waals surface area contributed by atoms with Gasteiger partial charge in [-0.05, 0) is 44.5 Å². The van der Waals surface area contributed by atoms with E-state index in [1.807, 2.05) is 69.3 Å². The molecule has 1 aliphatic heterocycles. The molecule has 0 saturated heterocycles. The summed E-state index contributed by atoms with van der Waals surface area (Å²) in [7, 11) is 0. The summed E-state index contributed by atoms with van der Waals surface area (Å²) >= 11 is 0. The number of alkyl carbamates (subject to hydrolysis) is 1. The number of nitrogens with one attached hydrogen (secondary N) is 2. The molecule has 3 rings (SSSR count). The maximum Gasteiger partial charge on any atom is 0.407 e. The van der Waals surface area contributed by atoms with Crippen LogP contribution >= 0.6 is 0 Å². The van der Waals surface area contributed by atoms with Crippen molar-refractivity contribution in [2.24, 2.45) is 0 Å². The van der Waals surface area contributed by atoms with E-state index >= 15 is 0 Å². The molecule has 0 aromatic heterocycles. The van der Waals surface area contributed by atoms with E-state index in [9.17, 15) is 14.4 Å². The predicted molar refractivity (Wildman–Crippen MR) is 256 cm³/mol. The molecule has 69 heavy (non-hydrogen) atoms. The van der Waals surface area contributed by atoms with Gasteiger partial charge in [-0.3, -0.25) is 9.59 Å². The molecule has 0 saturated carbocycles. The summed E-state index contributed by atoms with van der Waals surface area (Å²) in [6, 6.07) is 15.4. The first-order valence-electron chi connectivity index (χ1n) is 23.9. The van der Waals surface area contributed by atoms with E-state index in [2.05, 4.69) is 22.5 Å². The number of anilines is 1. The fraction of sp³-hybridized carbons (Fsp3) is 0.660. The van der Waals surface area contributed by atoms with Crippen LogP contribution in [0.4, 0.5) is 10.5 Å². The van der Waals surface area contributed by atoms with Gasteiger partial charge in [-0.25, -0.2) is 4.79 Å². The van der Waals surface area contributed by atoms with Crippen LogP contribution in [0.5, 0.6) is 0 Å². The number of para-hydroxylation sites is 1. The molecule has 0 spiro atoms. The Bertz CT molecular complexity index is 1720. The standard InChI is InChI=1S/C50H77N3O16/c1-50(2,3)69-49(56)52-17-19-58-21-23-60-25-27-62-29-31-64-33-35-66-37-39-68-41-40-67-38-36-65-34-32-63-30-28-61-26-24-59-22-20-57-18-16-51-47(54)14-15-48(55)53-42-45-10-5-4-8-43(45)12-13-44-9-6-7-11-46(44)53/h4-11H,14-42H2,1-3H3,(H,51,54)(H,52,56). The normalized spacial score (nSPS) is 12.1. The fourth-order valence-corrected chi connectivity index (χ4v) is 5.97. The number of nitrogens with zero attached hydrogens (tertiary/aromatic N) is 1. The van der Waals surface area contributed by atoms with Gasteiger partial charge in [0.1, 0.15) is 5.60 Å². The highest BCUT2D eigenvalue weighted by Gasteiger charge is 2.22. The van der Waals surface area contributed by atoms with Crippen molar-refractivity contribution in [1.82, 2.24) is 10.6 Å². The Morgan fingerprint density at radius 3 is 1.23 bits per heavy atom. The minimum absolute atomic E-state index is 0.0811. The Kier molecular flexibility index (Phi) is 33.8. The van der Waals surface area contributed by atoms with Crippen molar-refractivity contribution >= 4 is 23.6 Å². The number of rotatable bonds is 42. The number of amides is 3. The molecule has 0 bridgehead atoms. The van der Waals surface area contributed by atoms with Crippen molar-refractivity contribution in [3.63, 3.8) is 0 Å². The van der Waals surface area contributed by atoms with Gasteiger partial charge in [0.05, 0.1) is 171 Å². The largest absolute Gasteiger partial charge is 0.444 e. The zero-order chi connectivity index (χ0) is 49.3. The highest BCUT2D eigenvalue weighted by atomic mass is 16.6. The van der Waals surface area contributed by atoms with Crippen LogP contribution in [-0.4, -0.2) is 195 Å². The summed E-state index contributed by atoms with van der Waals surface area (Å²) < 4.78 is 71.1. The highest BCUT2D eigenvalue weighted by Crippen LogP contribution is 2.26. The lowest BCUT2D eigenvalue weighted by Gasteiger charge is -2.26. The van der Waals surface area contributed by atoms with Crippen LogP contribution in [0, 0.1) is 11.8 Å². The first-order chi connectivity index (χ1) is 33.7. The third kappa shape index (κ3) is 31.6. The molecular weight excluding hydrogens is 899 g/mol. The fourth-order valence-electron chi connectivity index (χ4n) is 5.97. The van der Waals surface area contributed by atoms with E-state index in [4.69, 9.17) is 61.6 Å². The first-order valence-corrected chi connectivity index (χ1v) is 23.9. The number of benzene rings is 2. The Hall–Kier alpha value is -4.27. The average Bonchev–Trinajstić information content (AvgIpc) is 3.32. The van der Waals surface area contributed by atoms with Gasteiger partial charge >= 0.3 is 6.09 Å². The van der Waals surface area contributed by atoms with Crippen molar-refractivity contribution in [2.75, 3.05) is 177 Å². The van der Waals surface area contributed by atoms with Crippen LogP contribution in [0.25, 0.3) is 0 Å². The van der Waals surface area contributed by atoms with E-state index in [1.54, 1.807) is 4.90 Å². The molecule has 0 unspecified atom stereocenters. The van der Waals surface area contributed by atoms with Gasteiger partial charge in [-0.1, -0.05) is 42.2 Å². The second-order valence-corrected chi connectivity index (χ2v) is 16.0. The maximum atomic E-state index is 13.3. The summed E-state index contributed by atoms with van der Waals surface area (Å²) in [5, 5.41) is 5.45. The molecule has 3 amide bonds. The molecular formula is C50H77N3O16. The van der Waals surface area contributed by atoms with Crippen LogP contribution in [0.3, 0.4) is 0 Å². The summed E-state index contributed by atoms with van der Waals surface area (Å²) in [6.45, 7) is 17.3. The summed E-state index contributed by atoms with van der Waals surface area (Å²) in [5.41, 5.74) is 2.87. The van der Waals surface area contributed by atoms with Gasteiger partial charge in [0.2, 0.25) is 11.8 Å². The minimum Gasteiger partial charge on any atom is -0.444 e. The van der Waals surface area contributed by atoms with Gasteiger partial charge in [0.15, 0.2) is 0 Å². The molecule has 2 aromatic rings. The Labute approximate surface area is 408 Å². The molecule has 0 radical (unpaired) electrons. The van der Waals surface area contributed by atoms with Gasteiger partial charge in [0, 0.05) is 37.1 Å². The monoisotopic (exact) mass is 976 g/mol. The van der Waals surface area contributed by atoms with Gasteiger partial charge in [0.25, 0.3) is 0 Å². The molecule has 2 N–H and O–H groups in total. The number of fused-ring (bicyclic) bond motifs is 2. The minimum atomic E-state index is -0.522. The molecule has 0 aliphatic carbocycles. The molecule has 1 aliphatic rings. The highest BCUT2D eigenvalue weighted by molar-refractivity contribution is 5.96. The molecule has 2 aromatic carbocycles. The molecule has 388 valence electrons. The third-order valence-corrected chi connectivity index (χ3v) is 9.31. The molecule has 0 fully saturated rings. The Balaban J connectivity index is 0.947. The lowest BCUT2D eigenvalue weighted by molar-refractivity contribution is -0.125. The average molecular weight is 976 g/mol. The Morgan fingerprint density at radius 1 is 0.464 bits per heavy atom. The van der Waals surface area contributed by atoms with Crippen LogP contribution in [0.1, 0.15) is 50.3 Å². The molecule has 19 nitrogen and oxygen atoms in total. The van der Waals surface area contributed by atoms with Gasteiger partial charge in [-0.15, -0.1) is 0 Å². The van der Waals surface area contributed by atoms with Gasteiger partial charge in [-0.2, -0.15) is 0 Å². The maximum absolute atomic E-state index is 13.3. The number of hydrogen-bond acceptors (Lipinski definition) is 16. The quantitative estimate of drug-likeness (QED) is 0.0723. The number of carbonyl (C=O) groups is 3. The summed E-state index contributed by atoms with van der Waals surface area (Å²) in [5.74, 6) is 6.06. The van der Waals surface area contributed by atoms with Crippen molar-refractivity contribution < 1.29 is 76.0 Å². The van der Waals surface area contributed by atoms with E-state index in [-0.39, 0.29) is 24.7 Å². The van der Waals surface area contributed by atoms with E-state index < -0.39 is 11.7 Å². The van der Waals surface area contributed by atoms with Crippen LogP contribution in [0.2, 0.25) is 0 Å². The number of hydrogen-bond donors (Lipinski definition) is 2. The van der Waals surface area contributed by atoms with Gasteiger partial charge < -0.3 is 77.1 Å². The van der Waals surface area contributed by atoms with Crippen molar-refractivity contribution in [3.8, 4) is 11.8 Å². The van der Waals surface area contributed by atoms with Crippen molar-refractivity contribution in [2.45, 2.75) is 45.8 Å². The third-order valence-electron chi connectivity index (χ3n) is 9.31. The first kappa shape index (κ1) is 59.0. The molecule has 0 atom stereocenters. The van der Waals surface area contributed by atoms with Crippen LogP contribution in [-0.2, 0) is 77.7 Å². The SMILES string of the molecule is CC(C)(C)OC(=O)NCCOCCOCCOCCOCCOCCOCCOCCOCCOCCOCCOCCOCCNC(=O)CCC(=O)N1Cc2ccccc2C#Cc2ccccc21. The number of carbonyl (C=O) groups excluding carboxylic acids is 3. The van der Waals surface area contributed by atoms with E-state index in [0.717, 1.165) is 22.4 Å². The summed E-state index contributed by atoms with van der Waals surface area (Å²) in [6.07, 6.45) is -0.295. The van der Waals surface area contributed by atoms with E-state index in [0.29, 0.717) is 178 Å². The smallest absolute Gasteiger partial charge is 0.407 e.